The monoisotopic (exact) mass is 394 g/mol. The molecule has 0 radical (unpaired) electrons. The van der Waals surface area contributed by atoms with Crippen molar-refractivity contribution in [2.75, 3.05) is 13.1 Å². The van der Waals surface area contributed by atoms with Gasteiger partial charge in [0.25, 0.3) is 5.91 Å². The van der Waals surface area contributed by atoms with Crippen LogP contribution in [0, 0.1) is 6.92 Å². The number of nitrogens with one attached hydrogen (secondary N) is 3. The number of rotatable bonds is 12. The normalized spacial score (nSPS) is 11.3. The average molecular weight is 394 g/mol. The summed E-state index contributed by atoms with van der Waals surface area (Å²) in [5.41, 5.74) is 1.27. The van der Waals surface area contributed by atoms with Gasteiger partial charge in [-0.25, -0.2) is 9.59 Å². The van der Waals surface area contributed by atoms with Gasteiger partial charge >= 0.3 is 18.0 Å². The van der Waals surface area contributed by atoms with Gasteiger partial charge in [0.1, 0.15) is 6.04 Å². The number of hydrogen-bond donors (Lipinski definition) is 5. The molecule has 10 heteroatoms. The number of carbonyl (C=O) groups excluding carboxylic acids is 2. The SMILES string of the molecule is Cc1ccc(C(=O)NCCCC[C@H](NC(=O)NCCCC(=O)O)C(=O)O)cn1. The Bertz CT molecular complexity index is 677. The molecule has 1 rings (SSSR count). The maximum atomic E-state index is 11.9. The standard InChI is InChI=1S/C18H26N4O6/c1-12-7-8-13(11-21-12)16(25)19-9-3-2-5-14(17(26)27)22-18(28)20-10-4-6-15(23)24/h7-8,11,14H,2-6,9-10H2,1H3,(H,19,25)(H,23,24)(H,26,27)(H2,20,22,28)/t14-/m0/s1. The van der Waals surface area contributed by atoms with E-state index in [1.54, 1.807) is 12.1 Å². The molecule has 1 aromatic rings. The minimum Gasteiger partial charge on any atom is -0.481 e. The Labute approximate surface area is 162 Å². The van der Waals surface area contributed by atoms with Crippen LogP contribution in [0.15, 0.2) is 18.3 Å². The fraction of sp³-hybridized carbons (Fsp3) is 0.500. The summed E-state index contributed by atoms with van der Waals surface area (Å²) in [5.74, 6) is -2.37. The number of hydrogen-bond acceptors (Lipinski definition) is 5. The molecule has 10 nitrogen and oxygen atoms in total. The first-order valence-electron chi connectivity index (χ1n) is 8.99. The van der Waals surface area contributed by atoms with Gasteiger partial charge in [0, 0.05) is 31.4 Å². The molecule has 1 atom stereocenters. The quantitative estimate of drug-likeness (QED) is 0.330. The van der Waals surface area contributed by atoms with E-state index in [4.69, 9.17) is 5.11 Å². The highest BCUT2D eigenvalue weighted by Crippen LogP contribution is 2.03. The van der Waals surface area contributed by atoms with E-state index in [9.17, 15) is 24.3 Å². The molecule has 0 saturated carbocycles. The molecular formula is C18H26N4O6. The van der Waals surface area contributed by atoms with E-state index in [1.807, 2.05) is 6.92 Å². The largest absolute Gasteiger partial charge is 0.481 e. The number of carboxylic acid groups (broad SMARTS) is 2. The number of carbonyl (C=O) groups is 4. The summed E-state index contributed by atoms with van der Waals surface area (Å²) in [5, 5.41) is 25.2. The number of unbranched alkanes of at least 4 members (excludes halogenated alkanes) is 1. The van der Waals surface area contributed by atoms with Gasteiger partial charge in [-0.1, -0.05) is 0 Å². The highest BCUT2D eigenvalue weighted by atomic mass is 16.4. The molecule has 0 saturated heterocycles. The molecule has 28 heavy (non-hydrogen) atoms. The molecule has 0 fully saturated rings. The van der Waals surface area contributed by atoms with E-state index in [-0.39, 0.29) is 31.7 Å². The zero-order valence-electron chi connectivity index (χ0n) is 15.7. The predicted molar refractivity (Wildman–Crippen MR) is 100.0 cm³/mol. The van der Waals surface area contributed by atoms with Crippen molar-refractivity contribution in [2.24, 2.45) is 0 Å². The number of amides is 3. The lowest BCUT2D eigenvalue weighted by Crippen LogP contribution is -2.46. The van der Waals surface area contributed by atoms with Crippen LogP contribution in [0.2, 0.25) is 0 Å². The van der Waals surface area contributed by atoms with Crippen LogP contribution in [-0.2, 0) is 9.59 Å². The van der Waals surface area contributed by atoms with Gasteiger partial charge in [-0.3, -0.25) is 14.6 Å². The number of carboxylic acids is 2. The molecule has 0 aliphatic rings. The zero-order chi connectivity index (χ0) is 20.9. The van der Waals surface area contributed by atoms with E-state index < -0.39 is 24.0 Å². The van der Waals surface area contributed by atoms with Crippen LogP contribution in [0.5, 0.6) is 0 Å². The second-order valence-electron chi connectivity index (χ2n) is 6.23. The van der Waals surface area contributed by atoms with Crippen molar-refractivity contribution in [3.63, 3.8) is 0 Å². The van der Waals surface area contributed by atoms with E-state index >= 15 is 0 Å². The van der Waals surface area contributed by atoms with Crippen LogP contribution in [0.25, 0.3) is 0 Å². The van der Waals surface area contributed by atoms with Crippen LogP contribution in [0.3, 0.4) is 0 Å². The van der Waals surface area contributed by atoms with Crippen molar-refractivity contribution in [1.29, 1.82) is 0 Å². The maximum absolute atomic E-state index is 11.9. The van der Waals surface area contributed by atoms with Gasteiger partial charge in [-0.2, -0.15) is 0 Å². The summed E-state index contributed by atoms with van der Waals surface area (Å²) in [6, 6.07) is 1.71. The first-order valence-corrected chi connectivity index (χ1v) is 8.99. The van der Waals surface area contributed by atoms with Crippen molar-refractivity contribution < 1.29 is 29.4 Å². The summed E-state index contributed by atoms with van der Waals surface area (Å²) in [6.45, 7) is 2.34. The summed E-state index contributed by atoms with van der Waals surface area (Å²) in [4.78, 5) is 49.3. The van der Waals surface area contributed by atoms with Gasteiger partial charge in [-0.15, -0.1) is 0 Å². The summed E-state index contributed by atoms with van der Waals surface area (Å²) in [7, 11) is 0. The van der Waals surface area contributed by atoms with Crippen molar-refractivity contribution in [3.05, 3.63) is 29.6 Å². The van der Waals surface area contributed by atoms with Gasteiger partial charge in [0.05, 0.1) is 5.56 Å². The molecule has 5 N–H and O–H groups in total. The average Bonchev–Trinajstić information content (AvgIpc) is 2.64. The Morgan fingerprint density at radius 2 is 1.75 bits per heavy atom. The third-order valence-corrected chi connectivity index (χ3v) is 3.84. The molecule has 0 aromatic carbocycles. The number of aryl methyl sites for hydroxylation is 1. The summed E-state index contributed by atoms with van der Waals surface area (Å²) in [6.07, 6.45) is 2.92. The number of urea groups is 1. The molecule has 0 aliphatic heterocycles. The predicted octanol–water partition coefficient (Wildman–Crippen LogP) is 0.907. The first kappa shape index (κ1) is 22.9. The van der Waals surface area contributed by atoms with Crippen LogP contribution >= 0.6 is 0 Å². The summed E-state index contributed by atoms with van der Waals surface area (Å²) < 4.78 is 0. The van der Waals surface area contributed by atoms with Crippen LogP contribution in [-0.4, -0.2) is 58.2 Å². The highest BCUT2D eigenvalue weighted by Gasteiger charge is 2.19. The minimum atomic E-state index is -1.16. The molecule has 3 amide bonds. The Kier molecular flexibility index (Phi) is 10.0. The van der Waals surface area contributed by atoms with Gasteiger partial charge < -0.3 is 26.2 Å². The number of nitrogens with zero attached hydrogens (tertiary/aromatic N) is 1. The molecule has 0 unspecified atom stereocenters. The highest BCUT2D eigenvalue weighted by molar-refractivity contribution is 5.93. The van der Waals surface area contributed by atoms with Crippen LogP contribution in [0.4, 0.5) is 4.79 Å². The van der Waals surface area contributed by atoms with E-state index in [0.717, 1.165) is 5.69 Å². The number of aliphatic carboxylic acids is 2. The van der Waals surface area contributed by atoms with Crippen LogP contribution in [0.1, 0.15) is 48.2 Å². The van der Waals surface area contributed by atoms with Crippen molar-refractivity contribution >= 4 is 23.9 Å². The van der Waals surface area contributed by atoms with Crippen molar-refractivity contribution in [2.45, 2.75) is 45.1 Å². The molecule has 1 heterocycles. The second kappa shape index (κ2) is 12.3. The molecule has 0 bridgehead atoms. The van der Waals surface area contributed by atoms with Crippen molar-refractivity contribution in [3.8, 4) is 0 Å². The number of aromatic nitrogens is 1. The number of pyridine rings is 1. The lowest BCUT2D eigenvalue weighted by molar-refractivity contribution is -0.139. The van der Waals surface area contributed by atoms with Crippen LogP contribution < -0.4 is 16.0 Å². The second-order valence-corrected chi connectivity index (χ2v) is 6.23. The Morgan fingerprint density at radius 1 is 1.04 bits per heavy atom. The van der Waals surface area contributed by atoms with E-state index in [2.05, 4.69) is 20.9 Å². The first-order chi connectivity index (χ1) is 13.3. The maximum Gasteiger partial charge on any atom is 0.326 e. The molecule has 0 aliphatic carbocycles. The Morgan fingerprint density at radius 3 is 2.36 bits per heavy atom. The fourth-order valence-electron chi connectivity index (χ4n) is 2.29. The van der Waals surface area contributed by atoms with Crippen molar-refractivity contribution in [1.82, 2.24) is 20.9 Å². The van der Waals surface area contributed by atoms with Gasteiger partial charge in [0.15, 0.2) is 0 Å². The Balaban J connectivity index is 2.24. The molecule has 1 aromatic heterocycles. The lowest BCUT2D eigenvalue weighted by atomic mass is 10.1. The smallest absolute Gasteiger partial charge is 0.326 e. The minimum absolute atomic E-state index is 0.0764. The third-order valence-electron chi connectivity index (χ3n) is 3.84. The van der Waals surface area contributed by atoms with Gasteiger partial charge in [-0.05, 0) is 44.7 Å². The van der Waals surface area contributed by atoms with Gasteiger partial charge in [0.2, 0.25) is 0 Å². The topological polar surface area (TPSA) is 158 Å². The lowest BCUT2D eigenvalue weighted by Gasteiger charge is -2.15. The van der Waals surface area contributed by atoms with E-state index in [1.165, 1.54) is 6.20 Å². The zero-order valence-corrected chi connectivity index (χ0v) is 15.7. The molecule has 154 valence electrons. The van der Waals surface area contributed by atoms with E-state index in [0.29, 0.717) is 24.9 Å². The fourth-order valence-corrected chi connectivity index (χ4v) is 2.29. The molecular weight excluding hydrogens is 368 g/mol. The molecule has 0 spiro atoms. The summed E-state index contributed by atoms with van der Waals surface area (Å²) >= 11 is 0. The third kappa shape index (κ3) is 9.51. The Hall–Kier alpha value is -3.17.